The smallest absolute Gasteiger partial charge is 0.264 e. The summed E-state index contributed by atoms with van der Waals surface area (Å²) in [6, 6.07) is 45.6. The minimum absolute atomic E-state index is 0.463. The second kappa shape index (κ2) is 9.38. The summed E-state index contributed by atoms with van der Waals surface area (Å²) in [5.74, 6) is 1.89. The summed E-state index contributed by atoms with van der Waals surface area (Å²) in [4.78, 5) is 4.81. The fraction of sp³-hybridized carbons (Fsp3) is 0. The van der Waals surface area contributed by atoms with Crippen molar-refractivity contribution in [3.8, 4) is 56.5 Å². The highest BCUT2D eigenvalue weighted by Crippen LogP contribution is 2.46. The van der Waals surface area contributed by atoms with Crippen molar-refractivity contribution in [2.24, 2.45) is 0 Å². The molecule has 0 saturated carbocycles. The van der Waals surface area contributed by atoms with Crippen LogP contribution in [0.25, 0.3) is 67.3 Å². The number of aromatic nitrogens is 1. The summed E-state index contributed by atoms with van der Waals surface area (Å²) >= 11 is 0. The topological polar surface area (TPSA) is 39.2 Å². The van der Waals surface area contributed by atoms with E-state index in [9.17, 15) is 0 Å². The van der Waals surface area contributed by atoms with Crippen LogP contribution in [0.3, 0.4) is 0 Å². The monoisotopic (exact) mass is 489 g/mol. The largest absolute Gasteiger partial charge is 0.450 e. The lowest BCUT2D eigenvalue weighted by Gasteiger charge is -2.14. The molecule has 2 aromatic heterocycles. The van der Waals surface area contributed by atoms with E-state index < -0.39 is 0 Å². The highest BCUT2D eigenvalue weighted by Gasteiger charge is 2.24. The molecule has 0 bridgehead atoms. The molecule has 3 nitrogen and oxygen atoms in total. The first-order valence-electron chi connectivity index (χ1n) is 12.6. The minimum atomic E-state index is 0.463. The maximum atomic E-state index is 6.75. The third-order valence-electron chi connectivity index (χ3n) is 6.85. The van der Waals surface area contributed by atoms with Crippen molar-refractivity contribution < 1.29 is 8.83 Å². The van der Waals surface area contributed by atoms with Gasteiger partial charge in [0.1, 0.15) is 17.7 Å². The third-order valence-corrected chi connectivity index (χ3v) is 6.85. The molecule has 0 aliphatic heterocycles. The SMILES string of the molecule is c1ccc(-c2coc(-c3oc(-c4c(-c5ccccc5)cccc4-c4ccccc4)c4ccccc34)n2)cc1. The van der Waals surface area contributed by atoms with Crippen molar-refractivity contribution in [1.82, 2.24) is 4.98 Å². The first kappa shape index (κ1) is 22.1. The van der Waals surface area contributed by atoms with Crippen molar-refractivity contribution in [3.63, 3.8) is 0 Å². The van der Waals surface area contributed by atoms with E-state index in [4.69, 9.17) is 13.8 Å². The van der Waals surface area contributed by atoms with E-state index in [1.165, 1.54) is 0 Å². The van der Waals surface area contributed by atoms with Crippen LogP contribution in [0.4, 0.5) is 0 Å². The lowest BCUT2D eigenvalue weighted by Crippen LogP contribution is -1.89. The standard InChI is InChI=1S/C35H23NO2/c1-4-13-24(14-5-1)27-21-12-22-28(25-15-6-2-7-16-25)32(27)33-29-19-10-11-20-30(29)34(38-33)35-36-31(23-37-35)26-17-8-3-9-18-26/h1-23H. The molecular weight excluding hydrogens is 466 g/mol. The van der Waals surface area contributed by atoms with E-state index in [-0.39, 0.29) is 0 Å². The maximum Gasteiger partial charge on any atom is 0.264 e. The van der Waals surface area contributed by atoms with Gasteiger partial charge < -0.3 is 8.83 Å². The average Bonchev–Trinajstić information content (AvgIpc) is 3.64. The summed E-state index contributed by atoms with van der Waals surface area (Å²) in [6.07, 6.45) is 1.69. The van der Waals surface area contributed by atoms with Gasteiger partial charge in [-0.2, -0.15) is 0 Å². The Kier molecular flexibility index (Phi) is 5.45. The summed E-state index contributed by atoms with van der Waals surface area (Å²) < 4.78 is 12.7. The van der Waals surface area contributed by atoms with Gasteiger partial charge in [0, 0.05) is 21.9 Å². The van der Waals surface area contributed by atoms with Gasteiger partial charge in [0.05, 0.1) is 0 Å². The number of hydrogen-bond acceptors (Lipinski definition) is 3. The minimum Gasteiger partial charge on any atom is -0.450 e. The van der Waals surface area contributed by atoms with Gasteiger partial charge >= 0.3 is 0 Å². The molecule has 180 valence electrons. The average molecular weight is 490 g/mol. The molecule has 7 rings (SSSR count). The Morgan fingerprint density at radius 2 is 0.947 bits per heavy atom. The normalized spacial score (nSPS) is 11.2. The summed E-state index contributed by atoms with van der Waals surface area (Å²) in [5, 5.41) is 1.98. The van der Waals surface area contributed by atoms with Gasteiger partial charge in [0.2, 0.25) is 0 Å². The Morgan fingerprint density at radius 1 is 0.447 bits per heavy atom. The van der Waals surface area contributed by atoms with E-state index in [1.54, 1.807) is 6.26 Å². The third kappa shape index (κ3) is 3.82. The quantitative estimate of drug-likeness (QED) is 0.241. The number of hydrogen-bond donors (Lipinski definition) is 0. The molecule has 7 aromatic rings. The van der Waals surface area contributed by atoms with Crippen LogP contribution in [-0.4, -0.2) is 4.98 Å². The van der Waals surface area contributed by atoms with Crippen LogP contribution in [0.5, 0.6) is 0 Å². The molecule has 0 aliphatic rings. The maximum absolute atomic E-state index is 6.75. The molecule has 0 amide bonds. The van der Waals surface area contributed by atoms with Crippen LogP contribution in [0.2, 0.25) is 0 Å². The first-order chi connectivity index (χ1) is 18.9. The van der Waals surface area contributed by atoms with E-state index in [0.717, 1.165) is 55.6 Å². The number of fused-ring (bicyclic) bond motifs is 1. The van der Waals surface area contributed by atoms with Crippen molar-refractivity contribution in [3.05, 3.63) is 140 Å². The van der Waals surface area contributed by atoms with E-state index in [2.05, 4.69) is 78.9 Å². The molecule has 0 unspecified atom stereocenters. The van der Waals surface area contributed by atoms with Crippen LogP contribution in [-0.2, 0) is 0 Å². The number of oxazole rings is 1. The molecule has 0 radical (unpaired) electrons. The van der Waals surface area contributed by atoms with E-state index in [1.807, 2.05) is 54.6 Å². The second-order valence-corrected chi connectivity index (χ2v) is 9.17. The molecule has 0 spiro atoms. The fourth-order valence-corrected chi connectivity index (χ4v) is 5.07. The fourth-order valence-electron chi connectivity index (χ4n) is 5.07. The molecule has 5 aromatic carbocycles. The Labute approximate surface area is 220 Å². The number of rotatable bonds is 5. The molecule has 0 N–H and O–H groups in total. The summed E-state index contributed by atoms with van der Waals surface area (Å²) in [5.41, 5.74) is 7.29. The van der Waals surface area contributed by atoms with Gasteiger partial charge in [0.15, 0.2) is 5.76 Å². The zero-order chi connectivity index (χ0) is 25.3. The molecule has 38 heavy (non-hydrogen) atoms. The summed E-state index contributed by atoms with van der Waals surface area (Å²) in [7, 11) is 0. The summed E-state index contributed by atoms with van der Waals surface area (Å²) in [6.45, 7) is 0. The van der Waals surface area contributed by atoms with Gasteiger partial charge in [0.25, 0.3) is 5.89 Å². The highest BCUT2D eigenvalue weighted by atomic mass is 16.4. The first-order valence-corrected chi connectivity index (χ1v) is 12.6. The zero-order valence-electron chi connectivity index (χ0n) is 20.5. The van der Waals surface area contributed by atoms with Crippen LogP contribution in [0.15, 0.2) is 149 Å². The molecule has 0 fully saturated rings. The molecule has 0 atom stereocenters. The van der Waals surface area contributed by atoms with Gasteiger partial charge in [-0.15, -0.1) is 0 Å². The Bertz CT molecular complexity index is 1790. The van der Waals surface area contributed by atoms with Gasteiger partial charge in [-0.05, 0) is 22.3 Å². The van der Waals surface area contributed by atoms with Crippen molar-refractivity contribution in [2.75, 3.05) is 0 Å². The van der Waals surface area contributed by atoms with Gasteiger partial charge in [-0.1, -0.05) is 133 Å². The van der Waals surface area contributed by atoms with E-state index >= 15 is 0 Å². The number of furan rings is 1. The molecule has 2 heterocycles. The Morgan fingerprint density at radius 3 is 1.53 bits per heavy atom. The molecule has 0 aliphatic carbocycles. The van der Waals surface area contributed by atoms with Crippen molar-refractivity contribution in [1.29, 1.82) is 0 Å². The molecule has 0 saturated heterocycles. The molecular formula is C35H23NO2. The lowest BCUT2D eigenvalue weighted by molar-refractivity contribution is 0.526. The second-order valence-electron chi connectivity index (χ2n) is 9.17. The van der Waals surface area contributed by atoms with Crippen LogP contribution < -0.4 is 0 Å². The van der Waals surface area contributed by atoms with Gasteiger partial charge in [-0.3, -0.25) is 0 Å². The van der Waals surface area contributed by atoms with Gasteiger partial charge in [-0.25, -0.2) is 4.98 Å². The number of nitrogens with zero attached hydrogens (tertiary/aromatic N) is 1. The van der Waals surface area contributed by atoms with Crippen LogP contribution >= 0.6 is 0 Å². The Balaban J connectivity index is 1.49. The Hall–Kier alpha value is -5.15. The van der Waals surface area contributed by atoms with E-state index in [0.29, 0.717) is 11.7 Å². The van der Waals surface area contributed by atoms with Crippen LogP contribution in [0, 0.1) is 0 Å². The number of benzene rings is 5. The predicted octanol–water partition coefficient (Wildman–Crippen LogP) is 9.76. The zero-order valence-corrected chi connectivity index (χ0v) is 20.5. The highest BCUT2D eigenvalue weighted by molar-refractivity contribution is 6.07. The predicted molar refractivity (Wildman–Crippen MR) is 153 cm³/mol. The van der Waals surface area contributed by atoms with Crippen LogP contribution in [0.1, 0.15) is 0 Å². The lowest BCUT2D eigenvalue weighted by atomic mass is 9.89. The molecule has 3 heteroatoms. The van der Waals surface area contributed by atoms with Crippen molar-refractivity contribution >= 4 is 10.8 Å². The van der Waals surface area contributed by atoms with Crippen molar-refractivity contribution in [2.45, 2.75) is 0 Å².